The van der Waals surface area contributed by atoms with E-state index in [0.29, 0.717) is 24.3 Å². The third-order valence-corrected chi connectivity index (χ3v) is 3.90. The van der Waals surface area contributed by atoms with Crippen LogP contribution < -0.4 is 15.2 Å². The molecule has 0 aromatic heterocycles. The highest BCUT2D eigenvalue weighted by molar-refractivity contribution is 7.90. The van der Waals surface area contributed by atoms with E-state index in [4.69, 9.17) is 15.2 Å². The van der Waals surface area contributed by atoms with Crippen LogP contribution in [0.25, 0.3) is 0 Å². The predicted molar refractivity (Wildman–Crippen MR) is 75.4 cm³/mol. The van der Waals surface area contributed by atoms with Gasteiger partial charge in [0.1, 0.15) is 21.3 Å². The van der Waals surface area contributed by atoms with Gasteiger partial charge in [0.15, 0.2) is 0 Å². The van der Waals surface area contributed by atoms with Crippen molar-refractivity contribution in [1.29, 1.82) is 0 Å². The molecule has 19 heavy (non-hydrogen) atoms. The summed E-state index contributed by atoms with van der Waals surface area (Å²) in [4.78, 5) is 0. The number of benzene rings is 1. The fourth-order valence-corrected chi connectivity index (χ4v) is 2.65. The molecule has 0 aliphatic carbocycles. The number of methoxy groups -OCH3 is 2. The molecular weight excluding hydrogens is 266 g/mol. The largest absolute Gasteiger partial charge is 0.496 e. The Kier molecular flexibility index (Phi) is 5.62. The number of sulfone groups is 1. The van der Waals surface area contributed by atoms with Crippen LogP contribution in [0.1, 0.15) is 24.4 Å². The lowest BCUT2D eigenvalue weighted by molar-refractivity contribution is 0.377. The Hall–Kier alpha value is -1.27. The predicted octanol–water partition coefficient (Wildman–Crippen LogP) is 1.53. The molecule has 1 aromatic rings. The molecule has 1 rings (SSSR count). The zero-order valence-electron chi connectivity index (χ0n) is 11.5. The van der Waals surface area contributed by atoms with Crippen LogP contribution in [0.3, 0.4) is 0 Å². The molecule has 0 saturated heterocycles. The molecule has 1 unspecified atom stereocenters. The van der Waals surface area contributed by atoms with E-state index in [0.717, 1.165) is 5.56 Å². The number of hydrogen-bond donors (Lipinski definition) is 1. The van der Waals surface area contributed by atoms with Crippen LogP contribution in [0.5, 0.6) is 11.5 Å². The van der Waals surface area contributed by atoms with Gasteiger partial charge in [0.2, 0.25) is 0 Å². The quantitative estimate of drug-likeness (QED) is 0.822. The topological polar surface area (TPSA) is 78.6 Å². The van der Waals surface area contributed by atoms with Gasteiger partial charge in [0, 0.05) is 18.1 Å². The van der Waals surface area contributed by atoms with E-state index in [1.165, 1.54) is 6.26 Å². The molecule has 0 fully saturated rings. The summed E-state index contributed by atoms with van der Waals surface area (Å²) >= 11 is 0. The summed E-state index contributed by atoms with van der Waals surface area (Å²) in [7, 11) is 0.190. The molecule has 0 aliphatic rings. The molecule has 1 aromatic carbocycles. The second kappa shape index (κ2) is 6.77. The summed E-state index contributed by atoms with van der Waals surface area (Å²) in [5.41, 5.74) is 6.90. The molecule has 0 radical (unpaired) electrons. The second-order valence-electron chi connectivity index (χ2n) is 4.45. The van der Waals surface area contributed by atoms with E-state index >= 15 is 0 Å². The molecule has 0 saturated carbocycles. The Morgan fingerprint density at radius 3 is 2.16 bits per heavy atom. The molecule has 0 amide bonds. The maximum Gasteiger partial charge on any atom is 0.147 e. The van der Waals surface area contributed by atoms with Gasteiger partial charge in [-0.05, 0) is 25.0 Å². The molecule has 5 nitrogen and oxygen atoms in total. The van der Waals surface area contributed by atoms with E-state index < -0.39 is 9.84 Å². The van der Waals surface area contributed by atoms with Crippen LogP contribution >= 0.6 is 0 Å². The highest BCUT2D eigenvalue weighted by atomic mass is 32.2. The first-order chi connectivity index (χ1) is 8.89. The van der Waals surface area contributed by atoms with Crippen molar-refractivity contribution in [2.24, 2.45) is 5.73 Å². The van der Waals surface area contributed by atoms with E-state index in [2.05, 4.69) is 0 Å². The Bertz CT molecular complexity index is 491. The van der Waals surface area contributed by atoms with Gasteiger partial charge in [-0.25, -0.2) is 8.42 Å². The minimum Gasteiger partial charge on any atom is -0.496 e. The standard InChI is InChI=1S/C13H21NO4S/c1-17-11-7-4-8-12(18-2)13(11)10(14)6-5-9-19(3,15)16/h4,7-8,10H,5-6,9,14H2,1-3H3. The van der Waals surface area contributed by atoms with Gasteiger partial charge in [0.05, 0.1) is 19.8 Å². The van der Waals surface area contributed by atoms with Crippen LogP contribution in [0, 0.1) is 0 Å². The zero-order chi connectivity index (χ0) is 14.5. The summed E-state index contributed by atoms with van der Waals surface area (Å²) in [5, 5.41) is 0. The average Bonchev–Trinajstić information content (AvgIpc) is 2.35. The Balaban J connectivity index is 2.83. The minimum atomic E-state index is -2.95. The second-order valence-corrected chi connectivity index (χ2v) is 6.71. The zero-order valence-corrected chi connectivity index (χ0v) is 12.4. The lowest BCUT2D eigenvalue weighted by atomic mass is 10.0. The summed E-state index contributed by atoms with van der Waals surface area (Å²) < 4.78 is 32.8. The SMILES string of the molecule is COc1cccc(OC)c1C(N)CCCS(C)(=O)=O. The fourth-order valence-electron chi connectivity index (χ4n) is 1.96. The van der Waals surface area contributed by atoms with E-state index in [9.17, 15) is 8.42 Å². The summed E-state index contributed by atoms with van der Waals surface area (Å²) in [6.07, 6.45) is 2.30. The maximum absolute atomic E-state index is 11.1. The molecule has 6 heteroatoms. The molecule has 108 valence electrons. The number of hydrogen-bond acceptors (Lipinski definition) is 5. The first-order valence-electron chi connectivity index (χ1n) is 6.03. The number of rotatable bonds is 7. The van der Waals surface area contributed by atoms with Gasteiger partial charge in [-0.15, -0.1) is 0 Å². The monoisotopic (exact) mass is 287 g/mol. The molecule has 1 atom stereocenters. The van der Waals surface area contributed by atoms with Crippen LogP contribution in [-0.2, 0) is 9.84 Å². The third-order valence-electron chi connectivity index (χ3n) is 2.87. The molecule has 0 spiro atoms. The molecule has 0 bridgehead atoms. The Morgan fingerprint density at radius 1 is 1.21 bits per heavy atom. The normalized spacial score (nSPS) is 13.1. The lowest BCUT2D eigenvalue weighted by Crippen LogP contribution is -2.15. The summed E-state index contributed by atoms with van der Waals surface area (Å²) in [6.45, 7) is 0. The van der Waals surface area contributed by atoms with E-state index in [1.54, 1.807) is 14.2 Å². The van der Waals surface area contributed by atoms with Crippen molar-refractivity contribution in [2.45, 2.75) is 18.9 Å². The van der Waals surface area contributed by atoms with Gasteiger partial charge < -0.3 is 15.2 Å². The molecule has 2 N–H and O–H groups in total. The van der Waals surface area contributed by atoms with E-state index in [1.807, 2.05) is 18.2 Å². The van der Waals surface area contributed by atoms with Gasteiger partial charge >= 0.3 is 0 Å². The Morgan fingerprint density at radius 2 is 1.74 bits per heavy atom. The number of ether oxygens (including phenoxy) is 2. The van der Waals surface area contributed by atoms with Crippen molar-refractivity contribution in [3.05, 3.63) is 23.8 Å². The highest BCUT2D eigenvalue weighted by Crippen LogP contribution is 2.34. The van der Waals surface area contributed by atoms with Crippen LogP contribution in [0.2, 0.25) is 0 Å². The number of nitrogens with two attached hydrogens (primary N) is 1. The van der Waals surface area contributed by atoms with Crippen molar-refractivity contribution in [3.63, 3.8) is 0 Å². The molecule has 0 aliphatic heterocycles. The summed E-state index contributed by atoms with van der Waals surface area (Å²) in [5.74, 6) is 1.45. The van der Waals surface area contributed by atoms with Crippen molar-refractivity contribution < 1.29 is 17.9 Å². The van der Waals surface area contributed by atoms with Gasteiger partial charge in [-0.1, -0.05) is 6.07 Å². The lowest BCUT2D eigenvalue weighted by Gasteiger charge is -2.18. The minimum absolute atomic E-state index is 0.137. The average molecular weight is 287 g/mol. The van der Waals surface area contributed by atoms with Crippen LogP contribution in [0.15, 0.2) is 18.2 Å². The van der Waals surface area contributed by atoms with Crippen LogP contribution in [0.4, 0.5) is 0 Å². The van der Waals surface area contributed by atoms with Crippen molar-refractivity contribution >= 4 is 9.84 Å². The molecule has 0 heterocycles. The van der Waals surface area contributed by atoms with Gasteiger partial charge in [-0.2, -0.15) is 0 Å². The first kappa shape index (κ1) is 15.8. The van der Waals surface area contributed by atoms with Crippen molar-refractivity contribution in [1.82, 2.24) is 0 Å². The van der Waals surface area contributed by atoms with Crippen LogP contribution in [-0.4, -0.2) is 34.6 Å². The van der Waals surface area contributed by atoms with Gasteiger partial charge in [0.25, 0.3) is 0 Å². The van der Waals surface area contributed by atoms with E-state index in [-0.39, 0.29) is 11.8 Å². The first-order valence-corrected chi connectivity index (χ1v) is 8.09. The van der Waals surface area contributed by atoms with Crippen molar-refractivity contribution in [2.75, 3.05) is 26.2 Å². The van der Waals surface area contributed by atoms with Crippen molar-refractivity contribution in [3.8, 4) is 11.5 Å². The maximum atomic E-state index is 11.1. The van der Waals surface area contributed by atoms with Gasteiger partial charge in [-0.3, -0.25) is 0 Å². The third kappa shape index (κ3) is 4.72. The molecular formula is C13H21NO4S. The Labute approximate surface area is 114 Å². The smallest absolute Gasteiger partial charge is 0.147 e. The highest BCUT2D eigenvalue weighted by Gasteiger charge is 2.17. The fraction of sp³-hybridized carbons (Fsp3) is 0.538. The summed E-state index contributed by atoms with van der Waals surface area (Å²) in [6, 6.07) is 5.14.